The third-order valence-corrected chi connectivity index (χ3v) is 4.23. The lowest BCUT2D eigenvalue weighted by atomic mass is 10.1. The minimum atomic E-state index is -5.03. The molecular formula is C17H18F3N3O2. The highest BCUT2D eigenvalue weighted by Gasteiger charge is 2.67. The summed E-state index contributed by atoms with van der Waals surface area (Å²) in [4.78, 5) is 29.5. The Labute approximate surface area is 142 Å². The van der Waals surface area contributed by atoms with Crippen LogP contribution in [0.5, 0.6) is 0 Å². The first-order chi connectivity index (χ1) is 11.8. The van der Waals surface area contributed by atoms with Crippen molar-refractivity contribution in [2.45, 2.75) is 38.0 Å². The van der Waals surface area contributed by atoms with E-state index in [0.29, 0.717) is 24.8 Å². The number of amidine groups is 1. The molecule has 1 fully saturated rings. The van der Waals surface area contributed by atoms with Gasteiger partial charge < -0.3 is 5.32 Å². The summed E-state index contributed by atoms with van der Waals surface area (Å²) in [7, 11) is 0. The molecule has 0 bridgehead atoms. The predicted octanol–water partition coefficient (Wildman–Crippen LogP) is 2.47. The minimum absolute atomic E-state index is 0.0686. The molecule has 8 heteroatoms. The van der Waals surface area contributed by atoms with Gasteiger partial charge in [-0.1, -0.05) is 37.3 Å². The summed E-state index contributed by atoms with van der Waals surface area (Å²) in [6.45, 7) is 1.84. The Balaban J connectivity index is 2.08. The molecule has 0 aromatic heterocycles. The molecule has 0 radical (unpaired) electrons. The zero-order valence-corrected chi connectivity index (χ0v) is 13.6. The smallest absolute Gasteiger partial charge is 0.316 e. The molecule has 1 aromatic carbocycles. The Bertz CT molecular complexity index is 714. The monoisotopic (exact) mass is 353 g/mol. The number of carbonyl (C=O) groups is 2. The standard InChI is InChI=1S/C17H18F3N3O2/c1-2-10-23-13(11-6-4-3-5-7-11)21-16(15(23)25,17(18,19)20)22-14(24)12-8-9-12/h3-7,12H,2,8-10H2,1H3,(H,22,24). The molecular weight excluding hydrogens is 335 g/mol. The molecule has 3 rings (SSSR count). The van der Waals surface area contributed by atoms with E-state index in [1.54, 1.807) is 37.3 Å². The van der Waals surface area contributed by atoms with Crippen LogP contribution in [0.4, 0.5) is 13.2 Å². The maximum absolute atomic E-state index is 13.8. The number of benzene rings is 1. The first-order valence-electron chi connectivity index (χ1n) is 8.16. The molecule has 1 heterocycles. The SMILES string of the molecule is CCCN1C(=O)C(NC(=O)C2CC2)(C(F)(F)F)N=C1c1ccccc1. The number of rotatable bonds is 5. The van der Waals surface area contributed by atoms with Gasteiger partial charge in [-0.2, -0.15) is 13.2 Å². The maximum atomic E-state index is 13.8. The number of hydrogen-bond acceptors (Lipinski definition) is 3. The van der Waals surface area contributed by atoms with E-state index in [1.165, 1.54) is 0 Å². The van der Waals surface area contributed by atoms with E-state index in [0.717, 1.165) is 4.90 Å². The van der Waals surface area contributed by atoms with Crippen LogP contribution in [-0.4, -0.2) is 40.9 Å². The molecule has 1 saturated carbocycles. The second kappa shape index (κ2) is 6.16. The van der Waals surface area contributed by atoms with Gasteiger partial charge in [0.2, 0.25) is 5.91 Å². The molecule has 134 valence electrons. The quantitative estimate of drug-likeness (QED) is 0.884. The number of aliphatic imine (C=N–C) groups is 1. The van der Waals surface area contributed by atoms with Gasteiger partial charge in [0, 0.05) is 18.0 Å². The van der Waals surface area contributed by atoms with Crippen LogP contribution in [-0.2, 0) is 9.59 Å². The fourth-order valence-electron chi connectivity index (χ4n) is 2.76. The van der Waals surface area contributed by atoms with Crippen LogP contribution in [0.2, 0.25) is 0 Å². The van der Waals surface area contributed by atoms with Crippen LogP contribution < -0.4 is 5.32 Å². The zero-order valence-electron chi connectivity index (χ0n) is 13.6. The van der Waals surface area contributed by atoms with Crippen molar-refractivity contribution < 1.29 is 22.8 Å². The highest BCUT2D eigenvalue weighted by Crippen LogP contribution is 2.40. The van der Waals surface area contributed by atoms with Gasteiger partial charge in [0.25, 0.3) is 5.91 Å². The van der Waals surface area contributed by atoms with Crippen molar-refractivity contribution in [3.63, 3.8) is 0 Å². The number of halogens is 3. The van der Waals surface area contributed by atoms with Crippen LogP contribution in [0, 0.1) is 5.92 Å². The number of nitrogens with one attached hydrogen (secondary N) is 1. The van der Waals surface area contributed by atoms with Gasteiger partial charge >= 0.3 is 11.8 Å². The highest BCUT2D eigenvalue weighted by atomic mass is 19.4. The number of alkyl halides is 3. The van der Waals surface area contributed by atoms with E-state index < -0.39 is 29.6 Å². The zero-order chi connectivity index (χ0) is 18.2. The third-order valence-electron chi connectivity index (χ3n) is 4.23. The lowest BCUT2D eigenvalue weighted by Gasteiger charge is -2.29. The van der Waals surface area contributed by atoms with Crippen molar-refractivity contribution in [3.8, 4) is 0 Å². The molecule has 25 heavy (non-hydrogen) atoms. The first-order valence-corrected chi connectivity index (χ1v) is 8.16. The van der Waals surface area contributed by atoms with Crippen molar-refractivity contribution in [2.24, 2.45) is 10.9 Å². The van der Waals surface area contributed by atoms with Crippen LogP contribution in [0.1, 0.15) is 31.7 Å². The molecule has 2 aliphatic rings. The van der Waals surface area contributed by atoms with Crippen LogP contribution in [0.15, 0.2) is 35.3 Å². The minimum Gasteiger partial charge on any atom is -0.316 e. The molecule has 5 nitrogen and oxygen atoms in total. The van der Waals surface area contributed by atoms with E-state index in [-0.39, 0.29) is 12.4 Å². The van der Waals surface area contributed by atoms with Gasteiger partial charge in [0.05, 0.1) is 0 Å². The summed E-state index contributed by atoms with van der Waals surface area (Å²) < 4.78 is 41.5. The van der Waals surface area contributed by atoms with E-state index in [4.69, 9.17) is 0 Å². The van der Waals surface area contributed by atoms with Gasteiger partial charge in [-0.15, -0.1) is 0 Å². The van der Waals surface area contributed by atoms with Crippen LogP contribution in [0.3, 0.4) is 0 Å². The summed E-state index contributed by atoms with van der Waals surface area (Å²) in [5.41, 5.74) is -2.84. The lowest BCUT2D eigenvalue weighted by Crippen LogP contribution is -2.63. The van der Waals surface area contributed by atoms with Crippen LogP contribution >= 0.6 is 0 Å². The fraction of sp³-hybridized carbons (Fsp3) is 0.471. The second-order valence-electron chi connectivity index (χ2n) is 6.23. The number of hydrogen-bond donors (Lipinski definition) is 1. The van der Waals surface area contributed by atoms with E-state index in [9.17, 15) is 22.8 Å². The number of nitrogens with zero attached hydrogens (tertiary/aromatic N) is 2. The summed E-state index contributed by atoms with van der Waals surface area (Å²) >= 11 is 0. The Hall–Kier alpha value is -2.38. The number of amides is 2. The summed E-state index contributed by atoms with van der Waals surface area (Å²) in [5, 5.41) is 1.89. The van der Waals surface area contributed by atoms with Crippen molar-refractivity contribution in [3.05, 3.63) is 35.9 Å². The molecule has 2 amide bonds. The summed E-state index contributed by atoms with van der Waals surface area (Å²) in [5.74, 6) is -2.57. The predicted molar refractivity (Wildman–Crippen MR) is 84.6 cm³/mol. The van der Waals surface area contributed by atoms with Crippen LogP contribution in [0.25, 0.3) is 0 Å². The maximum Gasteiger partial charge on any atom is 0.442 e. The van der Waals surface area contributed by atoms with Gasteiger partial charge in [0.15, 0.2) is 0 Å². The second-order valence-corrected chi connectivity index (χ2v) is 6.23. The van der Waals surface area contributed by atoms with Crippen molar-refractivity contribution in [1.29, 1.82) is 0 Å². The Kier molecular flexibility index (Phi) is 4.30. The molecule has 0 spiro atoms. The van der Waals surface area contributed by atoms with Gasteiger partial charge in [0.1, 0.15) is 5.84 Å². The molecule has 1 aliphatic heterocycles. The van der Waals surface area contributed by atoms with Crippen molar-refractivity contribution in [1.82, 2.24) is 10.2 Å². The molecule has 1 unspecified atom stereocenters. The average molecular weight is 353 g/mol. The van der Waals surface area contributed by atoms with E-state index in [2.05, 4.69) is 4.99 Å². The Morgan fingerprint density at radius 3 is 2.48 bits per heavy atom. The van der Waals surface area contributed by atoms with Gasteiger partial charge in [-0.3, -0.25) is 14.5 Å². The molecule has 1 N–H and O–H groups in total. The lowest BCUT2D eigenvalue weighted by molar-refractivity contribution is -0.200. The van der Waals surface area contributed by atoms with Gasteiger partial charge in [-0.05, 0) is 19.3 Å². The highest BCUT2D eigenvalue weighted by molar-refractivity contribution is 6.16. The normalized spacial score (nSPS) is 23.6. The average Bonchev–Trinajstić information content (AvgIpc) is 3.37. The topological polar surface area (TPSA) is 61.8 Å². The van der Waals surface area contributed by atoms with Crippen molar-refractivity contribution in [2.75, 3.05) is 6.54 Å². The third kappa shape index (κ3) is 3.01. The Morgan fingerprint density at radius 1 is 1.32 bits per heavy atom. The molecule has 1 aliphatic carbocycles. The largest absolute Gasteiger partial charge is 0.442 e. The summed E-state index contributed by atoms with van der Waals surface area (Å²) in [6, 6.07) is 8.20. The molecule has 1 aromatic rings. The molecule has 1 atom stereocenters. The molecule has 0 saturated heterocycles. The van der Waals surface area contributed by atoms with Gasteiger partial charge in [-0.25, -0.2) is 4.99 Å². The van der Waals surface area contributed by atoms with E-state index >= 15 is 0 Å². The van der Waals surface area contributed by atoms with Crippen molar-refractivity contribution >= 4 is 17.6 Å². The van der Waals surface area contributed by atoms with E-state index in [1.807, 2.05) is 5.32 Å². The number of carbonyl (C=O) groups excluding carboxylic acids is 2. The fourth-order valence-corrected chi connectivity index (χ4v) is 2.76. The Morgan fingerprint density at radius 2 is 1.96 bits per heavy atom. The summed E-state index contributed by atoms with van der Waals surface area (Å²) in [6.07, 6.45) is -3.51. The first kappa shape index (κ1) is 17.4.